The topological polar surface area (TPSA) is 106 Å². The average molecular weight is 599 g/mol. The fraction of sp³-hybridized carbons (Fsp3) is 0.321. The molecule has 0 unspecified atom stereocenters. The Morgan fingerprint density at radius 2 is 1.76 bits per heavy atom. The van der Waals surface area contributed by atoms with Crippen LogP contribution in [0.25, 0.3) is 0 Å². The van der Waals surface area contributed by atoms with Gasteiger partial charge in [-0.15, -0.1) is 0 Å². The molecule has 0 saturated heterocycles. The van der Waals surface area contributed by atoms with Gasteiger partial charge in [-0.2, -0.15) is 17.6 Å². The number of pyridine rings is 1. The van der Waals surface area contributed by atoms with Gasteiger partial charge in [-0.05, 0) is 55.7 Å². The van der Waals surface area contributed by atoms with Gasteiger partial charge in [-0.1, -0.05) is 41.9 Å². The lowest BCUT2D eigenvalue weighted by atomic mass is 9.72. The lowest BCUT2D eigenvalue weighted by Gasteiger charge is -2.36. The standard InChI is InChI=1S/C28H28ClF5N4O3/c1-26(2,14-23(35)39)38-25(40)37-16-27(13-17-6-4-3-5-7-17,22-9-8-19(29)15-36-22)18-10-20(30)12-21(11-18)41-28(33,34)24(31)32/h3-12,15,24H,13-14,16H2,1-2H3,(H2,35,39)(H2,37,38,40)/t27-/m0/s1. The van der Waals surface area contributed by atoms with Crippen LogP contribution in [0.3, 0.4) is 0 Å². The van der Waals surface area contributed by atoms with Gasteiger partial charge in [0.25, 0.3) is 0 Å². The number of hydrogen-bond acceptors (Lipinski definition) is 4. The summed E-state index contributed by atoms with van der Waals surface area (Å²) in [5.41, 5.74) is 3.70. The van der Waals surface area contributed by atoms with Crippen LogP contribution in [0, 0.1) is 5.82 Å². The molecule has 1 aromatic heterocycles. The normalized spacial score (nSPS) is 13.4. The van der Waals surface area contributed by atoms with Gasteiger partial charge in [0.2, 0.25) is 5.91 Å². The third-order valence-corrected chi connectivity index (χ3v) is 6.34. The smallest absolute Gasteiger partial charge is 0.428 e. The molecule has 1 heterocycles. The van der Waals surface area contributed by atoms with Gasteiger partial charge in [0, 0.05) is 30.8 Å². The van der Waals surface area contributed by atoms with Gasteiger partial charge in [-0.3, -0.25) is 9.78 Å². The molecule has 0 aliphatic carbocycles. The van der Waals surface area contributed by atoms with Crippen LogP contribution in [0.15, 0.2) is 66.9 Å². The van der Waals surface area contributed by atoms with Gasteiger partial charge in [-0.25, -0.2) is 9.18 Å². The second-order valence-corrected chi connectivity index (χ2v) is 10.5. The van der Waals surface area contributed by atoms with Crippen molar-refractivity contribution >= 4 is 23.5 Å². The van der Waals surface area contributed by atoms with E-state index in [0.29, 0.717) is 11.6 Å². The van der Waals surface area contributed by atoms with Crippen LogP contribution >= 0.6 is 11.6 Å². The second kappa shape index (κ2) is 12.7. The Balaban J connectivity index is 2.15. The summed E-state index contributed by atoms with van der Waals surface area (Å²) in [4.78, 5) is 28.7. The van der Waals surface area contributed by atoms with E-state index in [1.807, 2.05) is 0 Å². The Bertz CT molecular complexity index is 1360. The molecule has 0 radical (unpaired) electrons. The zero-order valence-electron chi connectivity index (χ0n) is 22.1. The number of aromatic nitrogens is 1. The maximum atomic E-state index is 14.9. The second-order valence-electron chi connectivity index (χ2n) is 10.1. The molecule has 3 rings (SSSR count). The van der Waals surface area contributed by atoms with Crippen molar-refractivity contribution in [3.8, 4) is 5.75 Å². The molecule has 4 N–H and O–H groups in total. The largest absolute Gasteiger partial charge is 0.461 e. The van der Waals surface area contributed by atoms with Gasteiger partial charge in [0.1, 0.15) is 11.6 Å². The number of rotatable bonds is 12. The van der Waals surface area contributed by atoms with Crippen LogP contribution in [0.2, 0.25) is 5.02 Å². The highest BCUT2D eigenvalue weighted by molar-refractivity contribution is 6.30. The number of carbonyl (C=O) groups excluding carboxylic acids is 2. The third-order valence-electron chi connectivity index (χ3n) is 6.12. The monoisotopic (exact) mass is 598 g/mol. The number of hydrogen-bond donors (Lipinski definition) is 3. The average Bonchev–Trinajstić information content (AvgIpc) is 2.86. The first kappa shape index (κ1) is 31.6. The molecule has 3 amide bonds. The Morgan fingerprint density at radius 1 is 1.07 bits per heavy atom. The van der Waals surface area contributed by atoms with Gasteiger partial charge in [0.15, 0.2) is 0 Å². The summed E-state index contributed by atoms with van der Waals surface area (Å²) in [5.74, 6) is -2.56. The predicted molar refractivity (Wildman–Crippen MR) is 143 cm³/mol. The molecular formula is C28H28ClF5N4O3. The lowest BCUT2D eigenvalue weighted by molar-refractivity contribution is -0.253. The number of alkyl halides is 4. The lowest BCUT2D eigenvalue weighted by Crippen LogP contribution is -2.53. The molecule has 13 heteroatoms. The van der Waals surface area contributed by atoms with Crippen molar-refractivity contribution in [1.29, 1.82) is 0 Å². The maximum Gasteiger partial charge on any atom is 0.461 e. The zero-order valence-corrected chi connectivity index (χ0v) is 22.8. The van der Waals surface area contributed by atoms with E-state index >= 15 is 0 Å². The summed E-state index contributed by atoms with van der Waals surface area (Å²) < 4.78 is 72.4. The molecule has 0 saturated carbocycles. The highest BCUT2D eigenvalue weighted by atomic mass is 35.5. The highest BCUT2D eigenvalue weighted by Gasteiger charge is 2.45. The minimum atomic E-state index is -4.89. The Kier molecular flexibility index (Phi) is 9.80. The van der Waals surface area contributed by atoms with E-state index in [1.54, 1.807) is 44.2 Å². The number of nitrogens with zero attached hydrogens (tertiary/aromatic N) is 1. The number of primary amides is 1. The summed E-state index contributed by atoms with van der Waals surface area (Å²) >= 11 is 6.05. The van der Waals surface area contributed by atoms with Gasteiger partial charge < -0.3 is 21.1 Å². The van der Waals surface area contributed by atoms with Crippen LogP contribution in [-0.4, -0.2) is 41.5 Å². The van der Waals surface area contributed by atoms with E-state index in [2.05, 4.69) is 20.4 Å². The number of ether oxygens (including phenoxy) is 1. The number of urea groups is 1. The van der Waals surface area contributed by atoms with Crippen molar-refractivity contribution in [2.75, 3.05) is 6.54 Å². The number of halogens is 6. The predicted octanol–water partition coefficient (Wildman–Crippen LogP) is 5.59. The molecule has 0 spiro atoms. The van der Waals surface area contributed by atoms with Crippen LogP contribution in [0.1, 0.15) is 37.1 Å². The summed E-state index contributed by atoms with van der Waals surface area (Å²) in [6.07, 6.45) is -7.88. The first-order chi connectivity index (χ1) is 19.1. The Morgan fingerprint density at radius 3 is 2.34 bits per heavy atom. The minimum Gasteiger partial charge on any atom is -0.428 e. The quantitative estimate of drug-likeness (QED) is 0.236. The number of benzene rings is 2. The van der Waals surface area contributed by atoms with Crippen molar-refractivity contribution in [1.82, 2.24) is 15.6 Å². The molecule has 0 fully saturated rings. The third kappa shape index (κ3) is 8.53. The molecule has 3 aromatic rings. The fourth-order valence-electron chi connectivity index (χ4n) is 4.36. The van der Waals surface area contributed by atoms with E-state index < -0.39 is 47.0 Å². The number of carbonyl (C=O) groups is 2. The van der Waals surface area contributed by atoms with Gasteiger partial charge >= 0.3 is 18.6 Å². The van der Waals surface area contributed by atoms with Crippen molar-refractivity contribution in [3.63, 3.8) is 0 Å². The summed E-state index contributed by atoms with van der Waals surface area (Å²) in [5, 5.41) is 5.58. The van der Waals surface area contributed by atoms with Crippen LogP contribution in [0.5, 0.6) is 5.75 Å². The SMILES string of the molecule is CC(C)(CC(N)=O)NC(=O)NC[C@@](Cc1ccccc1)(c1cc(F)cc(OC(F)(F)C(F)F)c1)c1ccc(Cl)cn1. The van der Waals surface area contributed by atoms with E-state index in [9.17, 15) is 31.5 Å². The molecule has 2 aromatic carbocycles. The van der Waals surface area contributed by atoms with Crippen molar-refractivity contribution < 1.29 is 36.3 Å². The summed E-state index contributed by atoms with van der Waals surface area (Å²) in [6.45, 7) is 2.87. The van der Waals surface area contributed by atoms with Crippen molar-refractivity contribution in [2.24, 2.45) is 5.73 Å². The van der Waals surface area contributed by atoms with E-state index in [-0.39, 0.29) is 35.7 Å². The zero-order chi connectivity index (χ0) is 30.4. The van der Waals surface area contributed by atoms with Crippen LogP contribution < -0.4 is 21.1 Å². The minimum absolute atomic E-state index is 0.00654. The van der Waals surface area contributed by atoms with E-state index in [4.69, 9.17) is 17.3 Å². The van der Waals surface area contributed by atoms with E-state index in [0.717, 1.165) is 12.1 Å². The molecule has 1 atom stereocenters. The summed E-state index contributed by atoms with van der Waals surface area (Å²) in [7, 11) is 0. The number of nitrogens with one attached hydrogen (secondary N) is 2. The highest BCUT2D eigenvalue weighted by Crippen LogP contribution is 2.38. The van der Waals surface area contributed by atoms with Gasteiger partial charge in [0.05, 0.1) is 16.1 Å². The van der Waals surface area contributed by atoms with Crippen molar-refractivity contribution in [2.45, 2.75) is 50.2 Å². The first-order valence-electron chi connectivity index (χ1n) is 12.3. The number of nitrogens with two attached hydrogens (primary N) is 1. The van der Waals surface area contributed by atoms with Crippen LogP contribution in [0.4, 0.5) is 26.7 Å². The Hall–Kier alpha value is -3.93. The maximum absolute atomic E-state index is 14.9. The fourth-order valence-corrected chi connectivity index (χ4v) is 4.47. The molecule has 0 aliphatic rings. The first-order valence-corrected chi connectivity index (χ1v) is 12.7. The molecular weight excluding hydrogens is 571 g/mol. The molecule has 7 nitrogen and oxygen atoms in total. The Labute approximate surface area is 238 Å². The molecule has 220 valence electrons. The van der Waals surface area contributed by atoms with Crippen LogP contribution in [-0.2, 0) is 16.6 Å². The molecule has 0 aliphatic heterocycles. The molecule has 41 heavy (non-hydrogen) atoms. The summed E-state index contributed by atoms with van der Waals surface area (Å²) in [6, 6.07) is 13.6. The van der Waals surface area contributed by atoms with Crippen molar-refractivity contribution in [3.05, 3.63) is 94.5 Å². The molecule has 0 bridgehead atoms. The van der Waals surface area contributed by atoms with E-state index in [1.165, 1.54) is 18.3 Å². The number of amides is 3.